The zero-order valence-electron chi connectivity index (χ0n) is 10.2. The molecule has 0 nitrogen and oxygen atoms in total. The molecule has 0 atom stereocenters. The van der Waals surface area contributed by atoms with Gasteiger partial charge in [-0.1, -0.05) is 44.0 Å². The highest BCUT2D eigenvalue weighted by Gasteiger charge is 2.16. The normalized spacial score (nSPS) is 11.5. The molecule has 0 bridgehead atoms. The van der Waals surface area contributed by atoms with Gasteiger partial charge in [-0.3, -0.25) is 0 Å². The van der Waals surface area contributed by atoms with Crippen molar-refractivity contribution >= 4 is 0 Å². The summed E-state index contributed by atoms with van der Waals surface area (Å²) in [6, 6.07) is 8.68. The summed E-state index contributed by atoms with van der Waals surface area (Å²) >= 11 is 0. The van der Waals surface area contributed by atoms with Crippen LogP contribution in [0.1, 0.15) is 38.8 Å². The Morgan fingerprint density at radius 3 is 2.13 bits per heavy atom. The molecule has 0 aromatic heterocycles. The molecule has 0 unspecified atom stereocenters. The largest absolute Gasteiger partial charge is 0.119 e. The minimum Gasteiger partial charge on any atom is -0.119 e. The second-order valence-electron chi connectivity index (χ2n) is 5.06. The maximum atomic E-state index is 5.51. The van der Waals surface area contributed by atoms with Gasteiger partial charge in [0.25, 0.3) is 0 Å². The highest BCUT2D eigenvalue weighted by Crippen LogP contribution is 2.22. The molecule has 0 fully saturated rings. The quantitative estimate of drug-likeness (QED) is 0.651. The van der Waals surface area contributed by atoms with Crippen LogP contribution in [0.2, 0.25) is 0 Å². The van der Waals surface area contributed by atoms with Crippen molar-refractivity contribution in [3.8, 4) is 12.3 Å². The highest BCUT2D eigenvalue weighted by molar-refractivity contribution is 5.34. The molecule has 0 saturated carbocycles. The Kier molecular flexibility index (Phi) is 3.58. The molecule has 0 saturated heterocycles. The van der Waals surface area contributed by atoms with E-state index in [1.807, 2.05) is 0 Å². The molecule has 0 aliphatic heterocycles. The number of benzene rings is 1. The summed E-state index contributed by atoms with van der Waals surface area (Å²) in [6.45, 7) is 8.62. The first kappa shape index (κ1) is 11.9. The van der Waals surface area contributed by atoms with Crippen molar-refractivity contribution in [3.05, 3.63) is 35.4 Å². The molecule has 1 rings (SSSR count). The number of rotatable bonds is 3. The van der Waals surface area contributed by atoms with Gasteiger partial charge in [0.15, 0.2) is 0 Å². The van der Waals surface area contributed by atoms with E-state index in [2.05, 4.69) is 57.9 Å². The second-order valence-corrected chi connectivity index (χ2v) is 5.06. The van der Waals surface area contributed by atoms with Crippen LogP contribution in [-0.4, -0.2) is 0 Å². The Morgan fingerprint density at radius 2 is 1.73 bits per heavy atom. The van der Waals surface area contributed by atoms with Crippen LogP contribution < -0.4 is 0 Å². The monoisotopic (exact) mass is 200 g/mol. The Morgan fingerprint density at radius 1 is 1.20 bits per heavy atom. The maximum Gasteiger partial charge on any atom is 0.0504 e. The third-order valence-corrected chi connectivity index (χ3v) is 2.68. The van der Waals surface area contributed by atoms with Crippen LogP contribution in [0.15, 0.2) is 24.3 Å². The van der Waals surface area contributed by atoms with Crippen LogP contribution in [0.4, 0.5) is 0 Å². The molecule has 1 aromatic rings. The van der Waals surface area contributed by atoms with Gasteiger partial charge in [0.1, 0.15) is 0 Å². The summed E-state index contributed by atoms with van der Waals surface area (Å²) in [5.74, 6) is 3.52. The molecule has 0 spiro atoms. The van der Waals surface area contributed by atoms with Gasteiger partial charge in [-0.2, -0.15) is 0 Å². The smallest absolute Gasteiger partial charge is 0.0504 e. The van der Waals surface area contributed by atoms with E-state index in [0.717, 1.165) is 6.42 Å². The minimum atomic E-state index is -0.156. The van der Waals surface area contributed by atoms with E-state index in [4.69, 9.17) is 6.42 Å². The molecule has 0 amide bonds. The first-order valence-electron chi connectivity index (χ1n) is 5.53. The number of terminal acetylenes is 1. The Bertz CT molecular complexity index is 347. The van der Waals surface area contributed by atoms with E-state index in [9.17, 15) is 0 Å². The van der Waals surface area contributed by atoms with E-state index in [1.54, 1.807) is 0 Å². The van der Waals surface area contributed by atoms with Crippen molar-refractivity contribution in [2.24, 2.45) is 5.92 Å². The summed E-state index contributed by atoms with van der Waals surface area (Å²) < 4.78 is 0. The van der Waals surface area contributed by atoms with Crippen molar-refractivity contribution in [1.82, 2.24) is 0 Å². The lowest BCUT2D eigenvalue weighted by Crippen LogP contribution is -2.13. The van der Waals surface area contributed by atoms with Crippen molar-refractivity contribution < 1.29 is 0 Å². The Balaban J connectivity index is 2.87. The van der Waals surface area contributed by atoms with Gasteiger partial charge in [0, 0.05) is 0 Å². The molecule has 15 heavy (non-hydrogen) atoms. The molecular weight excluding hydrogens is 180 g/mol. The van der Waals surface area contributed by atoms with Gasteiger partial charge in [-0.15, -0.1) is 6.42 Å². The average molecular weight is 200 g/mol. The van der Waals surface area contributed by atoms with E-state index >= 15 is 0 Å². The molecule has 80 valence electrons. The summed E-state index contributed by atoms with van der Waals surface area (Å²) in [7, 11) is 0. The fourth-order valence-electron chi connectivity index (χ4n) is 1.61. The third-order valence-electron chi connectivity index (χ3n) is 2.68. The van der Waals surface area contributed by atoms with Gasteiger partial charge in [-0.05, 0) is 37.3 Å². The SMILES string of the molecule is C#CC(C)(C)c1ccc(CC(C)C)cc1. The Labute approximate surface area is 93.7 Å². The average Bonchev–Trinajstić information content (AvgIpc) is 2.18. The molecule has 1 aromatic carbocycles. The molecule has 0 heteroatoms. The highest BCUT2D eigenvalue weighted by atomic mass is 14.2. The predicted molar refractivity (Wildman–Crippen MR) is 66.8 cm³/mol. The number of hydrogen-bond donors (Lipinski definition) is 0. The zero-order chi connectivity index (χ0) is 11.5. The molecule has 0 radical (unpaired) electrons. The summed E-state index contributed by atoms with van der Waals surface area (Å²) in [4.78, 5) is 0. The lowest BCUT2D eigenvalue weighted by molar-refractivity contribution is 0.645. The van der Waals surface area contributed by atoms with Crippen LogP contribution in [0.3, 0.4) is 0 Å². The first-order valence-corrected chi connectivity index (χ1v) is 5.53. The van der Waals surface area contributed by atoms with Crippen molar-refractivity contribution in [1.29, 1.82) is 0 Å². The third kappa shape index (κ3) is 3.13. The van der Waals surface area contributed by atoms with Crippen molar-refractivity contribution in [2.45, 2.75) is 39.5 Å². The Hall–Kier alpha value is -1.22. The molecule has 0 aliphatic rings. The summed E-state index contributed by atoms with van der Waals surface area (Å²) in [6.07, 6.45) is 6.64. The fraction of sp³-hybridized carbons (Fsp3) is 0.467. The molecular formula is C15H20. The van der Waals surface area contributed by atoms with Crippen LogP contribution in [0.5, 0.6) is 0 Å². The van der Waals surface area contributed by atoms with E-state index in [-0.39, 0.29) is 5.41 Å². The van der Waals surface area contributed by atoms with Gasteiger partial charge < -0.3 is 0 Å². The minimum absolute atomic E-state index is 0.156. The van der Waals surface area contributed by atoms with Crippen LogP contribution in [0, 0.1) is 18.3 Å². The zero-order valence-corrected chi connectivity index (χ0v) is 10.2. The molecule has 0 heterocycles. The van der Waals surface area contributed by atoms with Crippen LogP contribution in [0.25, 0.3) is 0 Å². The maximum absolute atomic E-state index is 5.51. The second kappa shape index (κ2) is 4.53. The van der Waals surface area contributed by atoms with Gasteiger partial charge in [0.05, 0.1) is 5.41 Å². The van der Waals surface area contributed by atoms with Gasteiger partial charge in [-0.25, -0.2) is 0 Å². The molecule has 0 aliphatic carbocycles. The standard InChI is InChI=1S/C15H20/c1-6-15(4,5)14-9-7-13(8-10-14)11-12(2)3/h1,7-10,12H,11H2,2-5H3. The van der Waals surface area contributed by atoms with Crippen molar-refractivity contribution in [3.63, 3.8) is 0 Å². The number of hydrogen-bond acceptors (Lipinski definition) is 0. The lowest BCUT2D eigenvalue weighted by Gasteiger charge is -2.18. The van der Waals surface area contributed by atoms with E-state index in [1.165, 1.54) is 11.1 Å². The van der Waals surface area contributed by atoms with Gasteiger partial charge >= 0.3 is 0 Å². The fourth-order valence-corrected chi connectivity index (χ4v) is 1.61. The molecule has 0 N–H and O–H groups in total. The first-order chi connectivity index (χ1) is 6.95. The van der Waals surface area contributed by atoms with Gasteiger partial charge in [0.2, 0.25) is 0 Å². The predicted octanol–water partition coefficient (Wildman–Crippen LogP) is 3.80. The van der Waals surface area contributed by atoms with Crippen molar-refractivity contribution in [2.75, 3.05) is 0 Å². The van der Waals surface area contributed by atoms with Crippen LogP contribution >= 0.6 is 0 Å². The van der Waals surface area contributed by atoms with Crippen LogP contribution in [-0.2, 0) is 11.8 Å². The summed E-state index contributed by atoms with van der Waals surface area (Å²) in [5.41, 5.74) is 2.45. The van der Waals surface area contributed by atoms with E-state index in [0.29, 0.717) is 5.92 Å². The summed E-state index contributed by atoms with van der Waals surface area (Å²) in [5, 5.41) is 0. The van der Waals surface area contributed by atoms with E-state index < -0.39 is 0 Å². The lowest BCUT2D eigenvalue weighted by atomic mass is 9.85. The topological polar surface area (TPSA) is 0 Å².